The normalized spacial score (nSPS) is 10.6. The first-order valence-electron chi connectivity index (χ1n) is 8.03. The summed E-state index contributed by atoms with van der Waals surface area (Å²) in [6.45, 7) is 1.09. The summed E-state index contributed by atoms with van der Waals surface area (Å²) in [6.07, 6.45) is 0.716. The molecule has 2 N–H and O–H groups in total. The van der Waals surface area contributed by atoms with Crippen LogP contribution in [-0.4, -0.2) is 24.2 Å². The first-order valence-corrected chi connectivity index (χ1v) is 8.41. The molecule has 0 unspecified atom stereocenters. The van der Waals surface area contributed by atoms with Gasteiger partial charge in [-0.1, -0.05) is 54.1 Å². The van der Waals surface area contributed by atoms with Crippen LogP contribution in [0.3, 0.4) is 0 Å². The van der Waals surface area contributed by atoms with Crippen LogP contribution in [0.5, 0.6) is 5.75 Å². The van der Waals surface area contributed by atoms with Gasteiger partial charge in [-0.25, -0.2) is 4.79 Å². The van der Waals surface area contributed by atoms with E-state index in [1.54, 1.807) is 12.1 Å². The minimum atomic E-state index is -1.00. The lowest BCUT2D eigenvalue weighted by Crippen LogP contribution is -2.11. The fraction of sp³-hybridized carbons (Fsp3) is 0.150. The molecule has 0 radical (unpaired) electrons. The fourth-order valence-electron chi connectivity index (χ4n) is 2.67. The van der Waals surface area contributed by atoms with Gasteiger partial charge in [0, 0.05) is 11.9 Å². The molecule has 0 aromatic heterocycles. The number of carboxylic acid groups (broad SMARTS) is 1. The second-order valence-corrected chi connectivity index (χ2v) is 5.98. The molecule has 0 spiro atoms. The molecule has 5 heteroatoms. The van der Waals surface area contributed by atoms with Crippen molar-refractivity contribution < 1.29 is 14.6 Å². The Morgan fingerprint density at radius 3 is 2.64 bits per heavy atom. The SMILES string of the molecule is O=C(O)c1cccc(Cl)c1NCCCOc1cccc2ccccc12. The van der Waals surface area contributed by atoms with Crippen LogP contribution in [0.4, 0.5) is 5.69 Å². The topological polar surface area (TPSA) is 58.6 Å². The van der Waals surface area contributed by atoms with E-state index in [0.717, 1.165) is 16.5 Å². The highest BCUT2D eigenvalue weighted by Gasteiger charge is 2.12. The quantitative estimate of drug-likeness (QED) is 0.581. The predicted molar refractivity (Wildman–Crippen MR) is 101 cm³/mol. The van der Waals surface area contributed by atoms with Crippen molar-refractivity contribution >= 4 is 34.0 Å². The van der Waals surface area contributed by atoms with Gasteiger partial charge in [0.1, 0.15) is 5.75 Å². The molecule has 0 aliphatic heterocycles. The molecule has 4 nitrogen and oxygen atoms in total. The Hall–Kier alpha value is -2.72. The number of benzene rings is 3. The highest BCUT2D eigenvalue weighted by atomic mass is 35.5. The van der Waals surface area contributed by atoms with Gasteiger partial charge in [0.25, 0.3) is 0 Å². The monoisotopic (exact) mass is 355 g/mol. The third-order valence-electron chi connectivity index (χ3n) is 3.87. The van der Waals surface area contributed by atoms with Crippen molar-refractivity contribution in [1.82, 2.24) is 0 Å². The second kappa shape index (κ2) is 7.90. The van der Waals surface area contributed by atoms with Gasteiger partial charge in [-0.3, -0.25) is 0 Å². The van der Waals surface area contributed by atoms with Crippen LogP contribution >= 0.6 is 11.6 Å². The minimum Gasteiger partial charge on any atom is -0.493 e. The summed E-state index contributed by atoms with van der Waals surface area (Å²) in [5.41, 5.74) is 0.615. The maximum atomic E-state index is 11.2. The predicted octanol–water partition coefficient (Wildman–Crippen LogP) is 5.07. The van der Waals surface area contributed by atoms with Crippen LogP contribution < -0.4 is 10.1 Å². The molecular weight excluding hydrogens is 338 g/mol. The Morgan fingerprint density at radius 2 is 1.80 bits per heavy atom. The molecule has 0 bridgehead atoms. The number of hydrogen-bond acceptors (Lipinski definition) is 3. The van der Waals surface area contributed by atoms with E-state index >= 15 is 0 Å². The molecule has 3 aromatic carbocycles. The smallest absolute Gasteiger partial charge is 0.337 e. The Labute approximate surface area is 151 Å². The highest BCUT2D eigenvalue weighted by molar-refractivity contribution is 6.34. The maximum absolute atomic E-state index is 11.2. The molecule has 0 saturated heterocycles. The van der Waals surface area contributed by atoms with Crippen molar-refractivity contribution in [2.75, 3.05) is 18.5 Å². The molecule has 0 aliphatic rings. The molecule has 25 heavy (non-hydrogen) atoms. The minimum absolute atomic E-state index is 0.169. The van der Waals surface area contributed by atoms with E-state index in [2.05, 4.69) is 17.4 Å². The van der Waals surface area contributed by atoms with Gasteiger partial charge in [-0.2, -0.15) is 0 Å². The molecule has 0 fully saturated rings. The van der Waals surface area contributed by atoms with Gasteiger partial charge in [0.15, 0.2) is 0 Å². The molecule has 0 saturated carbocycles. The molecule has 3 rings (SSSR count). The number of rotatable bonds is 7. The summed E-state index contributed by atoms with van der Waals surface area (Å²) in [4.78, 5) is 11.2. The second-order valence-electron chi connectivity index (χ2n) is 5.57. The van der Waals surface area contributed by atoms with Crippen LogP contribution in [0.1, 0.15) is 16.8 Å². The highest BCUT2D eigenvalue weighted by Crippen LogP contribution is 2.27. The standard InChI is InChI=1S/C20H18ClNO3/c21-17-10-4-9-16(20(23)24)19(17)22-12-5-13-25-18-11-3-7-14-6-1-2-8-15(14)18/h1-4,6-11,22H,5,12-13H2,(H,23,24). The van der Waals surface area contributed by atoms with E-state index in [-0.39, 0.29) is 5.56 Å². The number of halogens is 1. The van der Waals surface area contributed by atoms with Gasteiger partial charge in [-0.15, -0.1) is 0 Å². The number of hydrogen-bond donors (Lipinski definition) is 2. The van der Waals surface area contributed by atoms with Crippen LogP contribution in [0.15, 0.2) is 60.7 Å². The van der Waals surface area contributed by atoms with Crippen molar-refractivity contribution in [3.05, 3.63) is 71.2 Å². The Balaban J connectivity index is 1.57. The summed E-state index contributed by atoms with van der Waals surface area (Å²) in [7, 11) is 0. The van der Waals surface area contributed by atoms with E-state index in [4.69, 9.17) is 16.3 Å². The third kappa shape index (κ3) is 4.03. The molecule has 0 aliphatic carbocycles. The number of anilines is 1. The van der Waals surface area contributed by atoms with Crippen LogP contribution in [-0.2, 0) is 0 Å². The summed E-state index contributed by atoms with van der Waals surface area (Å²) >= 11 is 6.09. The van der Waals surface area contributed by atoms with E-state index in [9.17, 15) is 9.90 Å². The van der Waals surface area contributed by atoms with Gasteiger partial charge < -0.3 is 15.2 Å². The van der Waals surface area contributed by atoms with E-state index in [1.165, 1.54) is 6.07 Å². The summed E-state index contributed by atoms with van der Waals surface area (Å²) in [5.74, 6) is -0.154. The van der Waals surface area contributed by atoms with Gasteiger partial charge in [-0.05, 0) is 30.0 Å². The lowest BCUT2D eigenvalue weighted by atomic mass is 10.1. The van der Waals surface area contributed by atoms with Crippen LogP contribution in [0.2, 0.25) is 5.02 Å². The van der Waals surface area contributed by atoms with Crippen LogP contribution in [0, 0.1) is 0 Å². The molecule has 128 valence electrons. The van der Waals surface area contributed by atoms with Crippen molar-refractivity contribution in [3.8, 4) is 5.75 Å². The number of ether oxygens (including phenoxy) is 1. The summed E-state index contributed by atoms with van der Waals surface area (Å²) in [5, 5.41) is 14.9. The number of carboxylic acids is 1. The van der Waals surface area contributed by atoms with E-state index in [0.29, 0.717) is 30.3 Å². The maximum Gasteiger partial charge on any atom is 0.337 e. The van der Waals surface area contributed by atoms with E-state index < -0.39 is 5.97 Å². The van der Waals surface area contributed by atoms with Crippen molar-refractivity contribution in [3.63, 3.8) is 0 Å². The van der Waals surface area contributed by atoms with Crippen molar-refractivity contribution in [2.45, 2.75) is 6.42 Å². The number of aromatic carboxylic acids is 1. The zero-order chi connectivity index (χ0) is 17.6. The molecular formula is C20H18ClNO3. The first-order chi connectivity index (χ1) is 12.2. The van der Waals surface area contributed by atoms with Crippen LogP contribution in [0.25, 0.3) is 10.8 Å². The lowest BCUT2D eigenvalue weighted by molar-refractivity contribution is 0.0698. The van der Waals surface area contributed by atoms with Gasteiger partial charge >= 0.3 is 5.97 Å². The Bertz CT molecular complexity index is 890. The fourth-order valence-corrected chi connectivity index (χ4v) is 2.91. The summed E-state index contributed by atoms with van der Waals surface area (Å²) < 4.78 is 5.88. The Kier molecular flexibility index (Phi) is 5.41. The van der Waals surface area contributed by atoms with E-state index in [1.807, 2.05) is 30.3 Å². The van der Waals surface area contributed by atoms with Gasteiger partial charge in [0.05, 0.1) is 22.9 Å². The zero-order valence-electron chi connectivity index (χ0n) is 13.5. The lowest BCUT2D eigenvalue weighted by Gasteiger charge is -2.12. The van der Waals surface area contributed by atoms with Crippen molar-refractivity contribution in [2.24, 2.45) is 0 Å². The zero-order valence-corrected chi connectivity index (χ0v) is 14.3. The average Bonchev–Trinajstić information content (AvgIpc) is 2.62. The molecule has 3 aromatic rings. The average molecular weight is 356 g/mol. The number of para-hydroxylation sites is 1. The molecule has 0 amide bonds. The molecule has 0 atom stereocenters. The molecule has 0 heterocycles. The first kappa shape index (κ1) is 17.1. The third-order valence-corrected chi connectivity index (χ3v) is 4.19. The number of fused-ring (bicyclic) bond motifs is 1. The number of nitrogens with one attached hydrogen (secondary N) is 1. The van der Waals surface area contributed by atoms with Crippen molar-refractivity contribution in [1.29, 1.82) is 0 Å². The largest absolute Gasteiger partial charge is 0.493 e. The van der Waals surface area contributed by atoms with Gasteiger partial charge in [0.2, 0.25) is 0 Å². The number of carbonyl (C=O) groups is 1. The Morgan fingerprint density at radius 1 is 1.04 bits per heavy atom. The summed E-state index contributed by atoms with van der Waals surface area (Å²) in [6, 6.07) is 18.9.